The fourth-order valence-corrected chi connectivity index (χ4v) is 5.76. The van der Waals surface area contributed by atoms with E-state index < -0.39 is 0 Å². The van der Waals surface area contributed by atoms with Crippen LogP contribution in [0.5, 0.6) is 5.75 Å². The average molecular weight is 573 g/mol. The van der Waals surface area contributed by atoms with Crippen molar-refractivity contribution in [3.05, 3.63) is 83.4 Å². The molecular formula is C35H44N2O3S. The van der Waals surface area contributed by atoms with Crippen LogP contribution in [0.2, 0.25) is 0 Å². The minimum atomic E-state index is 0.129. The number of benzene rings is 3. The topological polar surface area (TPSA) is 64.4 Å². The molecule has 0 aliphatic rings. The zero-order valence-electron chi connectivity index (χ0n) is 24.9. The molecule has 0 bridgehead atoms. The zero-order valence-corrected chi connectivity index (χ0v) is 25.8. The number of unbranched alkanes of at least 4 members (excludes halogenated alkanes) is 5. The van der Waals surface area contributed by atoms with Crippen molar-refractivity contribution in [2.24, 2.45) is 0 Å². The molecule has 41 heavy (non-hydrogen) atoms. The van der Waals surface area contributed by atoms with Crippen LogP contribution in [0.1, 0.15) is 101 Å². The Kier molecular flexibility index (Phi) is 11.7. The van der Waals surface area contributed by atoms with Gasteiger partial charge in [0.05, 0.1) is 0 Å². The van der Waals surface area contributed by atoms with Gasteiger partial charge in [0.25, 0.3) is 5.22 Å². The van der Waals surface area contributed by atoms with Crippen molar-refractivity contribution in [3.63, 3.8) is 0 Å². The molecule has 4 rings (SSSR count). The van der Waals surface area contributed by atoms with Gasteiger partial charge in [0, 0.05) is 23.9 Å². The van der Waals surface area contributed by atoms with E-state index in [4.69, 9.17) is 9.15 Å². The van der Waals surface area contributed by atoms with E-state index >= 15 is 0 Å². The van der Waals surface area contributed by atoms with Crippen molar-refractivity contribution in [1.29, 1.82) is 0 Å². The molecular weight excluding hydrogens is 528 g/mol. The number of amides is 1. The van der Waals surface area contributed by atoms with Crippen LogP contribution in [-0.2, 0) is 11.4 Å². The summed E-state index contributed by atoms with van der Waals surface area (Å²) in [5.74, 6) is 2.67. The van der Waals surface area contributed by atoms with Gasteiger partial charge >= 0.3 is 0 Å². The Balaban J connectivity index is 1.10. The summed E-state index contributed by atoms with van der Waals surface area (Å²) in [5, 5.41) is 3.95. The fraction of sp³-hybridized carbons (Fsp3) is 0.429. The summed E-state index contributed by atoms with van der Waals surface area (Å²) in [6, 6.07) is 22.3. The Hall–Kier alpha value is -3.25. The Morgan fingerprint density at radius 2 is 1.54 bits per heavy atom. The lowest BCUT2D eigenvalue weighted by molar-refractivity contribution is -0.116. The van der Waals surface area contributed by atoms with Crippen LogP contribution < -0.4 is 10.1 Å². The number of thioether (sulfide) groups is 1. The largest absolute Gasteiger partial charge is 0.489 e. The number of hydrogen-bond acceptors (Lipinski definition) is 5. The van der Waals surface area contributed by atoms with E-state index in [9.17, 15) is 4.79 Å². The second-order valence-corrected chi connectivity index (χ2v) is 12.3. The van der Waals surface area contributed by atoms with Crippen LogP contribution in [0.25, 0.3) is 11.1 Å². The van der Waals surface area contributed by atoms with E-state index in [-0.39, 0.29) is 5.91 Å². The van der Waals surface area contributed by atoms with Gasteiger partial charge in [-0.05, 0) is 53.5 Å². The first kappa shape index (κ1) is 30.7. The third-order valence-corrected chi connectivity index (χ3v) is 8.16. The van der Waals surface area contributed by atoms with E-state index in [0.717, 1.165) is 59.5 Å². The Labute approximate surface area is 249 Å². The Bertz CT molecular complexity index is 1350. The maximum absolute atomic E-state index is 12.7. The van der Waals surface area contributed by atoms with E-state index in [1.807, 2.05) is 36.4 Å². The second-order valence-electron chi connectivity index (χ2n) is 11.3. The second kappa shape index (κ2) is 15.7. The number of carbonyl (C=O) groups excluding carboxylic acids is 1. The molecule has 1 aromatic heterocycles. The molecule has 5 nitrogen and oxygen atoms in total. The number of oxazole rings is 1. The maximum Gasteiger partial charge on any atom is 0.256 e. The predicted molar refractivity (Wildman–Crippen MR) is 171 cm³/mol. The number of rotatable bonds is 16. The van der Waals surface area contributed by atoms with Gasteiger partial charge in [-0.15, -0.1) is 0 Å². The van der Waals surface area contributed by atoms with Crippen molar-refractivity contribution in [3.8, 4) is 5.75 Å². The number of fused-ring (bicyclic) bond motifs is 1. The van der Waals surface area contributed by atoms with E-state index in [1.165, 1.54) is 24.0 Å². The summed E-state index contributed by atoms with van der Waals surface area (Å²) in [4.78, 5) is 17.4. The third kappa shape index (κ3) is 9.39. The van der Waals surface area contributed by atoms with Crippen molar-refractivity contribution in [2.75, 3.05) is 11.1 Å². The first-order valence-electron chi connectivity index (χ1n) is 15.0. The minimum Gasteiger partial charge on any atom is -0.489 e. The van der Waals surface area contributed by atoms with Crippen LogP contribution >= 0.6 is 11.8 Å². The molecule has 0 spiro atoms. The first-order chi connectivity index (χ1) is 19.9. The normalized spacial score (nSPS) is 11.5. The standard InChI is InChI=1S/C35H44N2O3S/c1-25(2)29-17-14-18-30(26(3)4)34(29)37-33(38)19-12-7-5-6-8-13-22-41-35-36-31-23-28(20-21-32(31)40-35)39-24-27-15-10-9-11-16-27/h9-11,14-18,20-21,23,25-26H,5-8,12-13,19,22,24H2,1-4H3,(H,37,38). The van der Waals surface area contributed by atoms with Gasteiger partial charge in [0.15, 0.2) is 5.58 Å². The van der Waals surface area contributed by atoms with Crippen molar-refractivity contribution in [2.45, 2.75) is 96.3 Å². The summed E-state index contributed by atoms with van der Waals surface area (Å²) < 4.78 is 11.8. The molecule has 218 valence electrons. The molecule has 0 atom stereocenters. The summed E-state index contributed by atoms with van der Waals surface area (Å²) in [7, 11) is 0. The highest BCUT2D eigenvalue weighted by molar-refractivity contribution is 7.99. The van der Waals surface area contributed by atoms with E-state index in [1.54, 1.807) is 11.8 Å². The predicted octanol–water partition coefficient (Wildman–Crippen LogP) is 10.1. The zero-order chi connectivity index (χ0) is 29.0. The number of hydrogen-bond donors (Lipinski definition) is 1. The number of aromatic nitrogens is 1. The number of nitrogens with zero attached hydrogens (tertiary/aromatic N) is 1. The molecule has 4 aromatic rings. The van der Waals surface area contributed by atoms with Crippen LogP contribution in [0.4, 0.5) is 5.69 Å². The monoisotopic (exact) mass is 572 g/mol. The van der Waals surface area contributed by atoms with Gasteiger partial charge in [-0.1, -0.05) is 114 Å². The van der Waals surface area contributed by atoms with Crippen LogP contribution in [0, 0.1) is 0 Å². The number of nitrogens with one attached hydrogen (secondary N) is 1. The number of para-hydroxylation sites is 1. The summed E-state index contributed by atoms with van der Waals surface area (Å²) >= 11 is 1.67. The summed E-state index contributed by atoms with van der Waals surface area (Å²) in [6.45, 7) is 9.25. The van der Waals surface area contributed by atoms with Crippen LogP contribution in [0.3, 0.4) is 0 Å². The van der Waals surface area contributed by atoms with Gasteiger partial charge in [-0.2, -0.15) is 0 Å². The van der Waals surface area contributed by atoms with Gasteiger partial charge in [-0.3, -0.25) is 4.79 Å². The minimum absolute atomic E-state index is 0.129. The van der Waals surface area contributed by atoms with Crippen LogP contribution in [-0.4, -0.2) is 16.6 Å². The number of anilines is 1. The summed E-state index contributed by atoms with van der Waals surface area (Å²) in [6.07, 6.45) is 7.24. The van der Waals surface area contributed by atoms with Crippen molar-refractivity contribution < 1.29 is 13.9 Å². The summed E-state index contributed by atoms with van der Waals surface area (Å²) in [5.41, 5.74) is 6.22. The molecule has 0 aliphatic carbocycles. The molecule has 1 heterocycles. The first-order valence-corrected chi connectivity index (χ1v) is 16.0. The lowest BCUT2D eigenvalue weighted by Crippen LogP contribution is -2.15. The van der Waals surface area contributed by atoms with Crippen LogP contribution in [0.15, 0.2) is 76.4 Å². The number of ether oxygens (including phenoxy) is 1. The average Bonchev–Trinajstić information content (AvgIpc) is 3.37. The van der Waals surface area contributed by atoms with E-state index in [2.05, 4.69) is 68.3 Å². The highest BCUT2D eigenvalue weighted by Gasteiger charge is 2.16. The van der Waals surface area contributed by atoms with Gasteiger partial charge in [0.1, 0.15) is 17.9 Å². The van der Waals surface area contributed by atoms with Gasteiger partial charge in [-0.25, -0.2) is 4.98 Å². The molecule has 6 heteroatoms. The van der Waals surface area contributed by atoms with Crippen molar-refractivity contribution >= 4 is 34.5 Å². The fourth-order valence-electron chi connectivity index (χ4n) is 4.93. The molecule has 0 fully saturated rings. The van der Waals surface area contributed by atoms with Gasteiger partial charge < -0.3 is 14.5 Å². The molecule has 0 saturated heterocycles. The molecule has 1 amide bonds. The Morgan fingerprint density at radius 1 is 0.854 bits per heavy atom. The molecule has 0 radical (unpaired) electrons. The quantitative estimate of drug-likeness (QED) is 0.107. The van der Waals surface area contributed by atoms with E-state index in [0.29, 0.717) is 30.1 Å². The molecule has 3 aromatic carbocycles. The SMILES string of the molecule is CC(C)c1cccc(C(C)C)c1NC(=O)CCCCCCCCSc1nc2cc(OCc3ccccc3)ccc2o1. The molecule has 1 N–H and O–H groups in total. The Morgan fingerprint density at radius 3 is 2.24 bits per heavy atom. The highest BCUT2D eigenvalue weighted by atomic mass is 32.2. The highest BCUT2D eigenvalue weighted by Crippen LogP contribution is 2.32. The maximum atomic E-state index is 12.7. The van der Waals surface area contributed by atoms with Gasteiger partial charge in [0.2, 0.25) is 5.91 Å². The third-order valence-electron chi connectivity index (χ3n) is 7.25. The molecule has 0 unspecified atom stereocenters. The lowest BCUT2D eigenvalue weighted by atomic mass is 9.92. The molecule has 0 aliphatic heterocycles. The number of carbonyl (C=O) groups is 1. The smallest absolute Gasteiger partial charge is 0.256 e. The lowest BCUT2D eigenvalue weighted by Gasteiger charge is -2.20. The van der Waals surface area contributed by atoms with Crippen molar-refractivity contribution in [1.82, 2.24) is 4.98 Å². The molecule has 0 saturated carbocycles.